The van der Waals surface area contributed by atoms with Gasteiger partial charge < -0.3 is 9.80 Å². The van der Waals surface area contributed by atoms with Crippen molar-refractivity contribution in [3.05, 3.63) is 0 Å². The van der Waals surface area contributed by atoms with Gasteiger partial charge in [-0.05, 0) is 45.8 Å². The average molecular weight is 253 g/mol. The Balaban J connectivity index is 1.65. The van der Waals surface area contributed by atoms with Crippen molar-refractivity contribution in [2.75, 3.05) is 59.4 Å². The molecule has 4 heteroatoms. The molecule has 2 saturated heterocycles. The monoisotopic (exact) mass is 253 g/mol. The molecule has 0 bridgehead atoms. The van der Waals surface area contributed by atoms with Gasteiger partial charge in [-0.1, -0.05) is 0 Å². The molecule has 0 N–H and O–H groups in total. The van der Waals surface area contributed by atoms with E-state index in [0.717, 1.165) is 32.1 Å². The zero-order valence-electron chi connectivity index (χ0n) is 11.9. The maximum Gasteiger partial charge on any atom is 0.143 e. The van der Waals surface area contributed by atoms with Gasteiger partial charge in [0.1, 0.15) is 5.78 Å². The molecule has 0 radical (unpaired) electrons. The summed E-state index contributed by atoms with van der Waals surface area (Å²) in [6.45, 7) is 10.5. The van der Waals surface area contributed by atoms with Crippen LogP contribution in [0, 0.1) is 5.92 Å². The fraction of sp³-hybridized carbons (Fsp3) is 0.929. The van der Waals surface area contributed by atoms with E-state index in [2.05, 4.69) is 21.7 Å². The van der Waals surface area contributed by atoms with Gasteiger partial charge >= 0.3 is 0 Å². The van der Waals surface area contributed by atoms with E-state index in [1.807, 2.05) is 0 Å². The number of rotatable bonds is 4. The number of piperazine rings is 1. The molecule has 0 aromatic rings. The first kappa shape index (κ1) is 14.0. The number of carbonyl (C=O) groups is 1. The van der Waals surface area contributed by atoms with Crippen LogP contribution in [0.3, 0.4) is 0 Å². The van der Waals surface area contributed by atoms with E-state index >= 15 is 0 Å². The van der Waals surface area contributed by atoms with Gasteiger partial charge in [0.25, 0.3) is 0 Å². The molecule has 2 aliphatic heterocycles. The van der Waals surface area contributed by atoms with Crippen LogP contribution in [-0.4, -0.2) is 79.9 Å². The van der Waals surface area contributed by atoms with Crippen LogP contribution in [0.5, 0.6) is 0 Å². The molecule has 2 fully saturated rings. The van der Waals surface area contributed by atoms with Gasteiger partial charge in [0.2, 0.25) is 0 Å². The van der Waals surface area contributed by atoms with Crippen molar-refractivity contribution in [1.29, 1.82) is 0 Å². The summed E-state index contributed by atoms with van der Waals surface area (Å²) in [5.41, 5.74) is 0. The van der Waals surface area contributed by atoms with Crippen LogP contribution in [0.1, 0.15) is 19.8 Å². The van der Waals surface area contributed by atoms with Gasteiger partial charge in [0, 0.05) is 32.7 Å². The van der Waals surface area contributed by atoms with Crippen LogP contribution in [0.2, 0.25) is 0 Å². The average Bonchev–Trinajstić information content (AvgIpc) is 2.34. The van der Waals surface area contributed by atoms with Crippen molar-refractivity contribution < 1.29 is 4.79 Å². The number of nitrogens with zero attached hydrogens (tertiary/aromatic N) is 3. The number of likely N-dealkylation sites (tertiary alicyclic amines) is 1. The van der Waals surface area contributed by atoms with E-state index in [-0.39, 0.29) is 0 Å². The van der Waals surface area contributed by atoms with Crippen molar-refractivity contribution in [1.82, 2.24) is 14.7 Å². The van der Waals surface area contributed by atoms with E-state index in [1.54, 1.807) is 6.92 Å². The van der Waals surface area contributed by atoms with Crippen LogP contribution >= 0.6 is 0 Å². The summed E-state index contributed by atoms with van der Waals surface area (Å²) in [6, 6.07) is 0. The van der Waals surface area contributed by atoms with Crippen molar-refractivity contribution in [2.45, 2.75) is 19.8 Å². The van der Waals surface area contributed by atoms with Crippen LogP contribution < -0.4 is 0 Å². The maximum absolute atomic E-state index is 11.1. The summed E-state index contributed by atoms with van der Waals surface area (Å²) in [5.74, 6) is 1.18. The molecule has 0 unspecified atom stereocenters. The zero-order valence-corrected chi connectivity index (χ0v) is 11.9. The first-order chi connectivity index (χ1) is 8.63. The van der Waals surface area contributed by atoms with Gasteiger partial charge in [-0.15, -0.1) is 0 Å². The minimum Gasteiger partial charge on any atom is -0.306 e. The number of ketones is 1. The van der Waals surface area contributed by atoms with Gasteiger partial charge in [-0.2, -0.15) is 0 Å². The molecule has 0 aromatic heterocycles. The smallest absolute Gasteiger partial charge is 0.143 e. The maximum atomic E-state index is 11.1. The Morgan fingerprint density at radius 1 is 1.00 bits per heavy atom. The minimum absolute atomic E-state index is 0.291. The molecule has 2 rings (SSSR count). The molecule has 0 aromatic carbocycles. The second-order valence-corrected chi connectivity index (χ2v) is 6.03. The lowest BCUT2D eigenvalue weighted by Gasteiger charge is -2.38. The van der Waals surface area contributed by atoms with Crippen LogP contribution in [0.4, 0.5) is 0 Å². The Hall–Kier alpha value is -0.450. The van der Waals surface area contributed by atoms with Gasteiger partial charge in [0.05, 0.1) is 6.54 Å². The molecular weight excluding hydrogens is 226 g/mol. The molecule has 104 valence electrons. The highest BCUT2D eigenvalue weighted by Gasteiger charge is 2.22. The third-order valence-electron chi connectivity index (χ3n) is 4.27. The quantitative estimate of drug-likeness (QED) is 0.730. The van der Waals surface area contributed by atoms with E-state index in [0.29, 0.717) is 12.3 Å². The van der Waals surface area contributed by atoms with Crippen molar-refractivity contribution in [3.8, 4) is 0 Å². The highest BCUT2D eigenvalue weighted by Crippen LogP contribution is 2.18. The minimum atomic E-state index is 0.291. The number of hydrogen-bond donors (Lipinski definition) is 0. The summed E-state index contributed by atoms with van der Waals surface area (Å²) >= 11 is 0. The van der Waals surface area contributed by atoms with E-state index in [4.69, 9.17) is 0 Å². The molecular formula is C14H27N3O. The molecule has 2 aliphatic rings. The van der Waals surface area contributed by atoms with Crippen molar-refractivity contribution in [3.63, 3.8) is 0 Å². The Morgan fingerprint density at radius 3 is 2.11 bits per heavy atom. The SMILES string of the molecule is CC(=O)CN1CCN(CC2CCN(C)CC2)CC1. The standard InChI is InChI=1S/C14H27N3O/c1-13(18)11-16-7-9-17(10-8-16)12-14-3-5-15(2)6-4-14/h14H,3-12H2,1-2H3. The highest BCUT2D eigenvalue weighted by molar-refractivity contribution is 5.77. The summed E-state index contributed by atoms with van der Waals surface area (Å²) in [6.07, 6.45) is 2.70. The first-order valence-corrected chi connectivity index (χ1v) is 7.26. The number of carbonyl (C=O) groups excluding carboxylic acids is 1. The second kappa shape index (κ2) is 6.64. The Labute approximate surface area is 111 Å². The molecule has 0 amide bonds. The second-order valence-electron chi connectivity index (χ2n) is 6.03. The zero-order chi connectivity index (χ0) is 13.0. The normalized spacial score (nSPS) is 25.4. The predicted octanol–water partition coefficient (Wildman–Crippen LogP) is 0.535. The van der Waals surface area contributed by atoms with Gasteiger partial charge in [-0.25, -0.2) is 0 Å². The molecule has 0 aliphatic carbocycles. The van der Waals surface area contributed by atoms with E-state index in [9.17, 15) is 4.79 Å². The third kappa shape index (κ3) is 4.34. The topological polar surface area (TPSA) is 26.8 Å². The molecule has 0 spiro atoms. The molecule has 0 saturated carbocycles. The predicted molar refractivity (Wildman–Crippen MR) is 73.8 cm³/mol. The molecule has 4 nitrogen and oxygen atoms in total. The third-order valence-corrected chi connectivity index (χ3v) is 4.27. The number of Topliss-reactive ketones (excluding diaryl/α,β-unsaturated/α-hetero) is 1. The van der Waals surface area contributed by atoms with Crippen molar-refractivity contribution in [2.24, 2.45) is 5.92 Å². The summed E-state index contributed by atoms with van der Waals surface area (Å²) < 4.78 is 0. The van der Waals surface area contributed by atoms with Gasteiger partial charge in [0.15, 0.2) is 0 Å². The van der Waals surface area contributed by atoms with Crippen LogP contribution in [0.25, 0.3) is 0 Å². The lowest BCUT2D eigenvalue weighted by molar-refractivity contribution is -0.118. The fourth-order valence-corrected chi connectivity index (χ4v) is 3.05. The number of piperidine rings is 1. The van der Waals surface area contributed by atoms with Crippen LogP contribution in [-0.2, 0) is 4.79 Å². The lowest BCUT2D eigenvalue weighted by Crippen LogP contribution is -2.49. The lowest BCUT2D eigenvalue weighted by atomic mass is 9.96. The Morgan fingerprint density at radius 2 is 1.56 bits per heavy atom. The van der Waals surface area contributed by atoms with Crippen LogP contribution in [0.15, 0.2) is 0 Å². The molecule has 2 heterocycles. The molecule has 18 heavy (non-hydrogen) atoms. The molecule has 0 atom stereocenters. The fourth-order valence-electron chi connectivity index (χ4n) is 3.05. The van der Waals surface area contributed by atoms with Crippen molar-refractivity contribution >= 4 is 5.78 Å². The largest absolute Gasteiger partial charge is 0.306 e. The highest BCUT2D eigenvalue weighted by atomic mass is 16.1. The first-order valence-electron chi connectivity index (χ1n) is 7.26. The summed E-state index contributed by atoms with van der Waals surface area (Å²) in [5, 5.41) is 0. The summed E-state index contributed by atoms with van der Waals surface area (Å²) in [4.78, 5) is 18.4. The number of hydrogen-bond acceptors (Lipinski definition) is 4. The van der Waals surface area contributed by atoms with E-state index in [1.165, 1.54) is 32.5 Å². The summed E-state index contributed by atoms with van der Waals surface area (Å²) in [7, 11) is 2.22. The van der Waals surface area contributed by atoms with Gasteiger partial charge in [-0.3, -0.25) is 9.69 Å². The van der Waals surface area contributed by atoms with E-state index < -0.39 is 0 Å². The Bertz CT molecular complexity index is 266. The Kier molecular flexibility index (Phi) is 5.15.